The molecule has 6 fully saturated rings. The molecule has 6 heterocycles. The summed E-state index contributed by atoms with van der Waals surface area (Å²) >= 11 is 0. The normalized spacial score (nSPS) is 48.2. The maximum absolute atomic E-state index is 12.0. The van der Waals surface area contributed by atoms with Crippen LogP contribution in [0.1, 0.15) is 6.92 Å². The van der Waals surface area contributed by atoms with Gasteiger partial charge in [-0.15, -0.1) is 0 Å². The van der Waals surface area contributed by atoms with Crippen LogP contribution in [0, 0.1) is 0 Å². The molecule has 77 heavy (non-hydrogen) atoms. The predicted molar refractivity (Wildman–Crippen MR) is 235 cm³/mol. The van der Waals surface area contributed by atoms with Crippen LogP contribution in [0.3, 0.4) is 0 Å². The summed E-state index contributed by atoms with van der Waals surface area (Å²) in [7, 11) is 0. The monoisotopic (exact) mass is 1130 g/mol. The molecule has 0 aromatic rings. The Bertz CT molecular complexity index is 1800. The molecule has 6 rings (SSSR count). The van der Waals surface area contributed by atoms with Crippen molar-refractivity contribution in [1.29, 1.82) is 0 Å². The number of carbonyl (C=O) groups excluding carboxylic acids is 2. The summed E-state index contributed by atoms with van der Waals surface area (Å²) < 4.78 is 67.6. The van der Waals surface area contributed by atoms with Gasteiger partial charge >= 0.3 is 0 Å². The lowest BCUT2D eigenvalue weighted by Gasteiger charge is -2.50. The third-order valence-electron chi connectivity index (χ3n) is 13.8. The van der Waals surface area contributed by atoms with Crippen LogP contribution in [0.4, 0.5) is 0 Å². The second-order valence-corrected chi connectivity index (χ2v) is 19.0. The largest absolute Gasteiger partial charge is 0.394 e. The minimum atomic E-state index is -2.27. The predicted octanol–water partition coefficient (Wildman–Crippen LogP) is -14.8. The second-order valence-electron chi connectivity index (χ2n) is 19.0. The third kappa shape index (κ3) is 14.1. The van der Waals surface area contributed by atoms with E-state index in [4.69, 9.17) is 56.8 Å². The first-order valence-corrected chi connectivity index (χ1v) is 24.3. The fourth-order valence-electron chi connectivity index (χ4n) is 9.49. The Morgan fingerprint density at radius 1 is 0.416 bits per heavy atom. The summed E-state index contributed by atoms with van der Waals surface area (Å²) in [5, 5.41) is 209. The Hall–Kier alpha value is -2.30. The molecule has 35 heteroatoms. The number of amides is 2. The molecule has 0 unspecified atom stereocenters. The van der Waals surface area contributed by atoms with Gasteiger partial charge < -0.3 is 164 Å². The molecule has 448 valence electrons. The minimum absolute atomic E-state index is 0.278. The summed E-state index contributed by atoms with van der Waals surface area (Å²) in [4.78, 5) is 22.8. The number of aliphatic hydroxyl groups is 19. The summed E-state index contributed by atoms with van der Waals surface area (Å²) in [6.07, 6.45) is -55.9. The van der Waals surface area contributed by atoms with Gasteiger partial charge in [0.15, 0.2) is 37.7 Å². The van der Waals surface area contributed by atoms with Gasteiger partial charge in [-0.1, -0.05) is 0 Å². The van der Waals surface area contributed by atoms with E-state index in [-0.39, 0.29) is 6.41 Å². The molecule has 0 aromatic carbocycles. The van der Waals surface area contributed by atoms with Crippen LogP contribution in [-0.2, 0) is 66.4 Å². The summed E-state index contributed by atoms with van der Waals surface area (Å²) in [6.45, 7) is -5.89. The van der Waals surface area contributed by atoms with Gasteiger partial charge in [-0.3, -0.25) is 9.59 Å². The zero-order valence-corrected chi connectivity index (χ0v) is 40.8. The molecule has 6 saturated heterocycles. The average molecular weight is 1130 g/mol. The van der Waals surface area contributed by atoms with Gasteiger partial charge in [0, 0.05) is 6.92 Å². The molecule has 31 atom stereocenters. The van der Waals surface area contributed by atoms with Crippen molar-refractivity contribution >= 4 is 12.3 Å². The molecule has 6 aliphatic rings. The first kappa shape index (κ1) is 63.9. The molecule has 0 saturated carbocycles. The van der Waals surface area contributed by atoms with E-state index < -0.39 is 249 Å². The van der Waals surface area contributed by atoms with Gasteiger partial charge in [0.05, 0.1) is 58.9 Å². The van der Waals surface area contributed by atoms with Crippen molar-refractivity contribution < 1.29 is 163 Å². The minimum Gasteiger partial charge on any atom is -0.394 e. The zero-order chi connectivity index (χ0) is 56.7. The van der Waals surface area contributed by atoms with Gasteiger partial charge in [0.1, 0.15) is 146 Å². The van der Waals surface area contributed by atoms with E-state index >= 15 is 0 Å². The van der Waals surface area contributed by atoms with Crippen LogP contribution in [0.5, 0.6) is 0 Å². The van der Waals surface area contributed by atoms with E-state index in [9.17, 15) is 107 Å². The Morgan fingerprint density at radius 2 is 0.740 bits per heavy atom. The van der Waals surface area contributed by atoms with Gasteiger partial charge in [0.2, 0.25) is 12.3 Å². The van der Waals surface area contributed by atoms with E-state index in [2.05, 4.69) is 10.6 Å². The molecule has 0 bridgehead atoms. The van der Waals surface area contributed by atoms with Gasteiger partial charge in [-0.05, 0) is 0 Å². The molecule has 0 aromatic heterocycles. The first-order chi connectivity index (χ1) is 36.6. The van der Waals surface area contributed by atoms with Crippen molar-refractivity contribution in [3.05, 3.63) is 0 Å². The van der Waals surface area contributed by atoms with Crippen LogP contribution >= 0.6 is 0 Å². The first-order valence-electron chi connectivity index (χ1n) is 24.3. The number of ether oxygens (including phenoxy) is 12. The highest BCUT2D eigenvalue weighted by molar-refractivity contribution is 5.73. The van der Waals surface area contributed by atoms with E-state index in [1.165, 1.54) is 0 Å². The molecule has 2 amide bonds. The SMILES string of the molecule is CC(=O)N[C@H]1[C@H](O[C@H]2[C@@H](O)[C@@H](CO)O[C@H](O[C@H]3[C@@H](O)[C@@H](CO)O[C@H](O[C@H]4[C@@H](O)[C@@H](CO)O[C@H](O[C@@H]5[C@H](O)[C@@H](O)[C@H](O[C@H]6[C@H](O)[C@@H](O)[C@H](OC[C@@H](CO)NC=O)O[C@@H]6CO)O[C@@H]5CO)[C@@H]4O)[C@@H]3O)[C@@H]2O)O[C@H](CO)[C@H](O)[C@@H]1O. The lowest BCUT2D eigenvalue weighted by atomic mass is 9.94. The quantitative estimate of drug-likeness (QED) is 0.0423. The number of nitrogens with one attached hydrogen (secondary N) is 2. The number of carbonyl (C=O) groups is 2. The van der Waals surface area contributed by atoms with Crippen molar-refractivity contribution in [2.24, 2.45) is 0 Å². The van der Waals surface area contributed by atoms with Crippen LogP contribution in [0.2, 0.25) is 0 Å². The van der Waals surface area contributed by atoms with E-state index in [0.717, 1.165) is 6.92 Å². The Labute approximate surface area is 436 Å². The molecule has 35 nitrogen and oxygen atoms in total. The molecular weight excluding hydrogens is 1060 g/mol. The van der Waals surface area contributed by atoms with Crippen molar-refractivity contribution in [3.63, 3.8) is 0 Å². The van der Waals surface area contributed by atoms with Crippen molar-refractivity contribution in [2.75, 3.05) is 52.9 Å². The number of rotatable bonds is 23. The fraction of sp³-hybridized carbons (Fsp3) is 0.952. The number of hydrogen-bond donors (Lipinski definition) is 21. The van der Waals surface area contributed by atoms with Crippen LogP contribution in [0.15, 0.2) is 0 Å². The second kappa shape index (κ2) is 28.6. The highest BCUT2D eigenvalue weighted by Crippen LogP contribution is 2.37. The standard InChI is InChI=1S/C42H72N2O33/c1-11(53)44-19-24(58)20(54)13(3-46)67-37(19)75-34-21(55)14(4-47)69-41(29(34)63)77-36-23(57)16(6-49)70-42(31(36)65)76-35-22(56)15(5-48)68-40(30(35)64)74-33-18(8-51)72-39(28(62)26(33)60)73-32-17(7-50)71-38(27(61)25(32)59)66-9-12(2-45)43-10-52/h10,12-42,45-51,54-65H,2-9H2,1H3,(H,43,52)(H,44,53)/t12-,13-,14-,15-,16-,17-,18-,19-,20+,21+,22+,23+,24-,25-,26-,27-,28-,29-,30-,31-,32-,33+,34+,35+,36+,37+,38-,39+,40-,41-,42-/m1/s1. The Balaban J connectivity index is 1.15. The Morgan fingerprint density at radius 3 is 1.12 bits per heavy atom. The van der Waals surface area contributed by atoms with Crippen molar-refractivity contribution in [1.82, 2.24) is 10.6 Å². The summed E-state index contributed by atoms with van der Waals surface area (Å²) in [6, 6.07) is -2.54. The summed E-state index contributed by atoms with van der Waals surface area (Å²) in [5.41, 5.74) is 0. The topological polar surface area (TPSA) is 553 Å². The lowest BCUT2D eigenvalue weighted by Crippen LogP contribution is -2.69. The third-order valence-corrected chi connectivity index (χ3v) is 13.8. The molecular formula is C42H72N2O33. The number of aliphatic hydroxyl groups excluding tert-OH is 19. The van der Waals surface area contributed by atoms with Gasteiger partial charge in [0.25, 0.3) is 0 Å². The fourth-order valence-corrected chi connectivity index (χ4v) is 9.49. The van der Waals surface area contributed by atoms with E-state index in [1.807, 2.05) is 0 Å². The molecule has 0 spiro atoms. The number of hydrogen-bond acceptors (Lipinski definition) is 33. The zero-order valence-electron chi connectivity index (χ0n) is 40.8. The van der Waals surface area contributed by atoms with Crippen LogP contribution in [0.25, 0.3) is 0 Å². The van der Waals surface area contributed by atoms with Crippen molar-refractivity contribution in [2.45, 2.75) is 197 Å². The smallest absolute Gasteiger partial charge is 0.217 e. The summed E-state index contributed by atoms with van der Waals surface area (Å²) in [5.74, 6) is -0.758. The molecule has 21 N–H and O–H groups in total. The maximum Gasteiger partial charge on any atom is 0.217 e. The molecule has 0 aliphatic carbocycles. The van der Waals surface area contributed by atoms with Gasteiger partial charge in [-0.25, -0.2) is 0 Å². The van der Waals surface area contributed by atoms with E-state index in [1.54, 1.807) is 0 Å². The Kier molecular flexibility index (Phi) is 23.7. The lowest BCUT2D eigenvalue weighted by molar-refractivity contribution is -0.397. The highest BCUT2D eigenvalue weighted by Gasteiger charge is 2.58. The van der Waals surface area contributed by atoms with Crippen LogP contribution in [-0.4, -0.2) is 352 Å². The average Bonchev–Trinajstić information content (AvgIpc) is 3.42. The van der Waals surface area contributed by atoms with Crippen molar-refractivity contribution in [3.8, 4) is 0 Å². The van der Waals surface area contributed by atoms with E-state index in [0.29, 0.717) is 0 Å². The van der Waals surface area contributed by atoms with Crippen LogP contribution < -0.4 is 10.6 Å². The van der Waals surface area contributed by atoms with Gasteiger partial charge in [-0.2, -0.15) is 0 Å². The highest BCUT2D eigenvalue weighted by atomic mass is 16.8. The molecule has 6 aliphatic heterocycles. The maximum atomic E-state index is 12.0. The molecule has 0 radical (unpaired) electrons.